The molecule has 1 N–H and O–H groups in total. The average molecular weight is 260 g/mol. The molecule has 0 saturated heterocycles. The predicted molar refractivity (Wildman–Crippen MR) is 70.2 cm³/mol. The van der Waals surface area contributed by atoms with Crippen molar-refractivity contribution >= 4 is 23.1 Å². The molecule has 0 atom stereocenters. The number of nitrogens with one attached hydrogen (secondary N) is 1. The summed E-state index contributed by atoms with van der Waals surface area (Å²) in [7, 11) is 1.58. The number of halogens is 1. The van der Waals surface area contributed by atoms with Crippen molar-refractivity contribution in [3.63, 3.8) is 0 Å². The highest BCUT2D eigenvalue weighted by molar-refractivity contribution is 6.33. The molecular formula is C13H10ClN3O. The minimum absolute atomic E-state index is 0.534. The van der Waals surface area contributed by atoms with E-state index < -0.39 is 0 Å². The summed E-state index contributed by atoms with van der Waals surface area (Å²) < 4.78 is 5.12. The Hall–Kier alpha value is -2.25. The molecule has 18 heavy (non-hydrogen) atoms. The number of hydrogen-bond donors (Lipinski definition) is 1. The lowest BCUT2D eigenvalue weighted by Gasteiger charge is -2.09. The van der Waals surface area contributed by atoms with Crippen LogP contribution in [0, 0.1) is 11.3 Å². The molecule has 0 radical (unpaired) electrons. The lowest BCUT2D eigenvalue weighted by Crippen LogP contribution is -1.95. The van der Waals surface area contributed by atoms with Gasteiger partial charge in [-0.25, -0.2) is 4.98 Å². The summed E-state index contributed by atoms with van der Waals surface area (Å²) in [6.07, 6.45) is 1.56. The van der Waals surface area contributed by atoms with Gasteiger partial charge < -0.3 is 10.1 Å². The van der Waals surface area contributed by atoms with E-state index in [1.165, 1.54) is 0 Å². The number of anilines is 2. The number of benzene rings is 1. The van der Waals surface area contributed by atoms with Gasteiger partial charge in [-0.2, -0.15) is 5.26 Å². The molecule has 2 rings (SSSR count). The summed E-state index contributed by atoms with van der Waals surface area (Å²) in [5.74, 6) is 1.25. The summed E-state index contributed by atoms with van der Waals surface area (Å²) in [6, 6.07) is 10.6. The zero-order chi connectivity index (χ0) is 13.0. The normalized spacial score (nSPS) is 9.61. The number of rotatable bonds is 3. The van der Waals surface area contributed by atoms with Gasteiger partial charge >= 0.3 is 0 Å². The minimum atomic E-state index is 0.534. The topological polar surface area (TPSA) is 57.9 Å². The maximum Gasteiger partial charge on any atom is 0.131 e. The van der Waals surface area contributed by atoms with E-state index in [1.54, 1.807) is 43.6 Å². The van der Waals surface area contributed by atoms with E-state index in [0.717, 1.165) is 0 Å². The van der Waals surface area contributed by atoms with Crippen LogP contribution in [0.5, 0.6) is 5.75 Å². The lowest BCUT2D eigenvalue weighted by atomic mass is 10.2. The third kappa shape index (κ3) is 2.70. The van der Waals surface area contributed by atoms with Crippen LogP contribution in [0.25, 0.3) is 0 Å². The molecule has 0 unspecified atom stereocenters. The summed E-state index contributed by atoms with van der Waals surface area (Å²) in [5.41, 5.74) is 1.21. The third-order valence-electron chi connectivity index (χ3n) is 2.33. The van der Waals surface area contributed by atoms with Crippen molar-refractivity contribution in [2.75, 3.05) is 12.4 Å². The number of ether oxygens (including phenoxy) is 1. The molecule has 5 heteroatoms. The molecule has 0 aliphatic carbocycles. The van der Waals surface area contributed by atoms with Gasteiger partial charge in [-0.3, -0.25) is 0 Å². The van der Waals surface area contributed by atoms with E-state index >= 15 is 0 Å². The molecule has 0 bridgehead atoms. The molecule has 1 aromatic carbocycles. The molecule has 1 heterocycles. The molecule has 0 spiro atoms. The number of methoxy groups -OCH3 is 1. The Balaban J connectivity index is 2.30. The van der Waals surface area contributed by atoms with Gasteiger partial charge in [-0.15, -0.1) is 0 Å². The molecule has 4 nitrogen and oxygen atoms in total. The number of nitriles is 1. The Bertz CT molecular complexity index is 607. The molecule has 0 saturated carbocycles. The number of aromatic nitrogens is 1. The van der Waals surface area contributed by atoms with Crippen LogP contribution in [-0.2, 0) is 0 Å². The highest BCUT2D eigenvalue weighted by atomic mass is 35.5. The van der Waals surface area contributed by atoms with Crippen molar-refractivity contribution in [1.82, 2.24) is 4.98 Å². The Kier molecular flexibility index (Phi) is 3.66. The monoisotopic (exact) mass is 259 g/mol. The smallest absolute Gasteiger partial charge is 0.131 e. The molecule has 0 aliphatic rings. The molecular weight excluding hydrogens is 250 g/mol. The van der Waals surface area contributed by atoms with Crippen LogP contribution >= 0.6 is 11.6 Å². The quantitative estimate of drug-likeness (QED) is 0.918. The van der Waals surface area contributed by atoms with Crippen molar-refractivity contribution in [3.05, 3.63) is 47.1 Å². The standard InChI is InChI=1S/C13H10ClN3O/c1-18-10-2-3-11(14)12(7-10)17-13-6-9(8-15)4-5-16-13/h2-7H,1H3,(H,16,17). The van der Waals surface area contributed by atoms with Crippen LogP contribution in [0.4, 0.5) is 11.5 Å². The van der Waals surface area contributed by atoms with Gasteiger partial charge in [0.25, 0.3) is 0 Å². The van der Waals surface area contributed by atoms with Gasteiger partial charge in [0, 0.05) is 12.3 Å². The van der Waals surface area contributed by atoms with E-state index in [1.807, 2.05) is 0 Å². The van der Waals surface area contributed by atoms with Crippen LogP contribution in [0.15, 0.2) is 36.5 Å². The first-order valence-electron chi connectivity index (χ1n) is 5.19. The van der Waals surface area contributed by atoms with Crippen LogP contribution in [-0.4, -0.2) is 12.1 Å². The Labute approximate surface area is 110 Å². The summed E-state index contributed by atoms with van der Waals surface area (Å²) in [5, 5.41) is 12.4. The first-order valence-corrected chi connectivity index (χ1v) is 5.57. The minimum Gasteiger partial charge on any atom is -0.497 e. The second kappa shape index (κ2) is 5.39. The Morgan fingerprint density at radius 1 is 1.33 bits per heavy atom. The number of nitrogens with zero attached hydrogens (tertiary/aromatic N) is 2. The van der Waals surface area contributed by atoms with Gasteiger partial charge in [0.15, 0.2) is 0 Å². The van der Waals surface area contributed by atoms with E-state index in [2.05, 4.69) is 16.4 Å². The molecule has 90 valence electrons. The fraction of sp³-hybridized carbons (Fsp3) is 0.0769. The van der Waals surface area contributed by atoms with Crippen LogP contribution < -0.4 is 10.1 Å². The predicted octanol–water partition coefficient (Wildman–Crippen LogP) is 3.36. The lowest BCUT2D eigenvalue weighted by molar-refractivity contribution is 0.415. The number of pyridine rings is 1. The maximum absolute atomic E-state index is 8.81. The molecule has 1 aromatic heterocycles. The van der Waals surface area contributed by atoms with Gasteiger partial charge in [-0.1, -0.05) is 11.6 Å². The van der Waals surface area contributed by atoms with E-state index in [-0.39, 0.29) is 0 Å². The second-order valence-electron chi connectivity index (χ2n) is 3.51. The molecule has 0 amide bonds. The van der Waals surface area contributed by atoms with Crippen molar-refractivity contribution in [2.24, 2.45) is 0 Å². The van der Waals surface area contributed by atoms with Crippen molar-refractivity contribution in [3.8, 4) is 11.8 Å². The molecule has 2 aromatic rings. The summed E-state index contributed by atoms with van der Waals surface area (Å²) >= 11 is 6.07. The first-order chi connectivity index (χ1) is 8.72. The molecule has 0 fully saturated rings. The fourth-order valence-electron chi connectivity index (χ4n) is 1.43. The molecule has 0 aliphatic heterocycles. The fourth-order valence-corrected chi connectivity index (χ4v) is 1.60. The van der Waals surface area contributed by atoms with Gasteiger partial charge in [0.1, 0.15) is 11.6 Å². The zero-order valence-electron chi connectivity index (χ0n) is 9.64. The van der Waals surface area contributed by atoms with Gasteiger partial charge in [0.05, 0.1) is 29.5 Å². The van der Waals surface area contributed by atoms with E-state index in [9.17, 15) is 0 Å². The van der Waals surface area contributed by atoms with Gasteiger partial charge in [-0.05, 0) is 24.3 Å². The van der Waals surface area contributed by atoms with Crippen LogP contribution in [0.3, 0.4) is 0 Å². The van der Waals surface area contributed by atoms with E-state index in [0.29, 0.717) is 27.8 Å². The van der Waals surface area contributed by atoms with Gasteiger partial charge in [0.2, 0.25) is 0 Å². The van der Waals surface area contributed by atoms with Crippen LogP contribution in [0.2, 0.25) is 5.02 Å². The third-order valence-corrected chi connectivity index (χ3v) is 2.65. The highest BCUT2D eigenvalue weighted by Crippen LogP contribution is 2.28. The maximum atomic E-state index is 8.81. The first kappa shape index (κ1) is 12.2. The Morgan fingerprint density at radius 2 is 2.17 bits per heavy atom. The zero-order valence-corrected chi connectivity index (χ0v) is 10.4. The van der Waals surface area contributed by atoms with Crippen molar-refractivity contribution in [2.45, 2.75) is 0 Å². The van der Waals surface area contributed by atoms with Crippen molar-refractivity contribution in [1.29, 1.82) is 5.26 Å². The Morgan fingerprint density at radius 3 is 2.89 bits per heavy atom. The van der Waals surface area contributed by atoms with E-state index in [4.69, 9.17) is 21.6 Å². The summed E-state index contributed by atoms with van der Waals surface area (Å²) in [6.45, 7) is 0. The van der Waals surface area contributed by atoms with Crippen molar-refractivity contribution < 1.29 is 4.74 Å². The highest BCUT2D eigenvalue weighted by Gasteiger charge is 2.04. The second-order valence-corrected chi connectivity index (χ2v) is 3.92. The summed E-state index contributed by atoms with van der Waals surface area (Å²) in [4.78, 5) is 4.12. The number of hydrogen-bond acceptors (Lipinski definition) is 4. The SMILES string of the molecule is COc1ccc(Cl)c(Nc2cc(C#N)ccn2)c1. The largest absolute Gasteiger partial charge is 0.497 e. The average Bonchev–Trinajstić information content (AvgIpc) is 2.41. The van der Waals surface area contributed by atoms with Crippen LogP contribution in [0.1, 0.15) is 5.56 Å².